The number of aryl methyl sites for hydroxylation is 3. The van der Waals surface area contributed by atoms with Crippen LogP contribution in [0.15, 0.2) is 12.1 Å². The van der Waals surface area contributed by atoms with Crippen molar-refractivity contribution in [3.63, 3.8) is 0 Å². The van der Waals surface area contributed by atoms with Crippen LogP contribution in [0.4, 0.5) is 5.69 Å². The van der Waals surface area contributed by atoms with E-state index in [0.717, 1.165) is 18.0 Å². The van der Waals surface area contributed by atoms with Gasteiger partial charge in [-0.3, -0.25) is 4.79 Å². The van der Waals surface area contributed by atoms with Crippen LogP contribution in [-0.2, 0) is 4.79 Å². The molecule has 0 aromatic heterocycles. The minimum atomic E-state index is 0.252. The zero-order valence-corrected chi connectivity index (χ0v) is 12.1. The second kappa shape index (κ2) is 4.66. The molecule has 2 aliphatic carbocycles. The summed E-state index contributed by atoms with van der Waals surface area (Å²) < 4.78 is 0. The summed E-state index contributed by atoms with van der Waals surface area (Å²) in [6.07, 6.45) is 5.00. The molecule has 2 aliphatic rings. The van der Waals surface area contributed by atoms with E-state index in [1.165, 1.54) is 36.0 Å². The minimum absolute atomic E-state index is 0.252. The van der Waals surface area contributed by atoms with Gasteiger partial charge in [0.2, 0.25) is 5.91 Å². The summed E-state index contributed by atoms with van der Waals surface area (Å²) in [5, 5.41) is 3.19. The van der Waals surface area contributed by atoms with Gasteiger partial charge in [0.15, 0.2) is 0 Å². The summed E-state index contributed by atoms with van der Waals surface area (Å²) in [6, 6.07) is 4.28. The van der Waals surface area contributed by atoms with Gasteiger partial charge >= 0.3 is 0 Å². The molecule has 0 aliphatic heterocycles. The highest BCUT2D eigenvalue weighted by Gasteiger charge is 2.43. The summed E-state index contributed by atoms with van der Waals surface area (Å²) in [6.45, 7) is 6.26. The van der Waals surface area contributed by atoms with Gasteiger partial charge in [-0.1, -0.05) is 24.1 Å². The Bertz CT molecular complexity index is 497. The number of carbonyl (C=O) groups excluding carboxylic acids is 1. The van der Waals surface area contributed by atoms with Crippen molar-refractivity contribution in [2.24, 2.45) is 17.8 Å². The van der Waals surface area contributed by atoms with Crippen LogP contribution in [-0.4, -0.2) is 5.91 Å². The molecular formula is C17H23NO. The Morgan fingerprint density at radius 3 is 2.32 bits per heavy atom. The average Bonchev–Trinajstić information content (AvgIpc) is 2.95. The van der Waals surface area contributed by atoms with E-state index in [2.05, 4.69) is 38.2 Å². The Morgan fingerprint density at radius 2 is 1.79 bits per heavy atom. The maximum atomic E-state index is 12.5. The number of nitrogens with one attached hydrogen (secondary N) is 1. The van der Waals surface area contributed by atoms with Gasteiger partial charge in [-0.25, -0.2) is 0 Å². The fourth-order valence-electron chi connectivity index (χ4n) is 4.16. The zero-order chi connectivity index (χ0) is 13.6. The first-order valence-corrected chi connectivity index (χ1v) is 7.43. The minimum Gasteiger partial charge on any atom is -0.325 e. The Hall–Kier alpha value is -1.31. The zero-order valence-electron chi connectivity index (χ0n) is 12.1. The first kappa shape index (κ1) is 12.7. The number of fused-ring (bicyclic) bond motifs is 2. The second-order valence-corrected chi connectivity index (χ2v) is 6.54. The molecule has 2 saturated carbocycles. The number of carbonyl (C=O) groups is 1. The maximum Gasteiger partial charge on any atom is 0.227 e. The molecule has 1 amide bonds. The van der Waals surface area contributed by atoms with Crippen LogP contribution in [0.1, 0.15) is 42.4 Å². The predicted octanol–water partition coefficient (Wildman–Crippen LogP) is 3.99. The first-order chi connectivity index (χ1) is 9.04. The third kappa shape index (κ3) is 2.29. The van der Waals surface area contributed by atoms with Crippen LogP contribution in [0.2, 0.25) is 0 Å². The third-order valence-electron chi connectivity index (χ3n) is 5.00. The standard InChI is InChI=1S/C17H23NO/c1-10-6-11(2)16(12(3)7-10)18-17(19)15-9-13-4-5-14(15)8-13/h6-7,13-15H,4-5,8-9H2,1-3H3,(H,18,19)/t13-,14-,15+/m0/s1. The molecule has 2 bridgehead atoms. The van der Waals surface area contributed by atoms with Crippen molar-refractivity contribution in [2.45, 2.75) is 46.5 Å². The Kier molecular flexibility index (Phi) is 3.12. The van der Waals surface area contributed by atoms with Crippen molar-refractivity contribution < 1.29 is 4.79 Å². The summed E-state index contributed by atoms with van der Waals surface area (Å²) >= 11 is 0. The van der Waals surface area contributed by atoms with E-state index in [1.54, 1.807) is 0 Å². The van der Waals surface area contributed by atoms with Gasteiger partial charge in [-0.2, -0.15) is 0 Å². The molecule has 1 aromatic rings. The largest absolute Gasteiger partial charge is 0.325 e. The summed E-state index contributed by atoms with van der Waals surface area (Å²) in [5.41, 5.74) is 4.63. The molecular weight excluding hydrogens is 234 g/mol. The topological polar surface area (TPSA) is 29.1 Å². The van der Waals surface area contributed by atoms with Crippen molar-refractivity contribution in [3.05, 3.63) is 28.8 Å². The van der Waals surface area contributed by atoms with Crippen molar-refractivity contribution in [1.29, 1.82) is 0 Å². The number of rotatable bonds is 2. The van der Waals surface area contributed by atoms with Gasteiger partial charge in [-0.05, 0) is 63.0 Å². The summed E-state index contributed by atoms with van der Waals surface area (Å²) in [4.78, 5) is 12.5. The van der Waals surface area contributed by atoms with Crippen molar-refractivity contribution in [3.8, 4) is 0 Å². The highest BCUT2D eigenvalue weighted by Crippen LogP contribution is 2.48. The normalized spacial score (nSPS) is 28.7. The van der Waals surface area contributed by atoms with Gasteiger partial charge < -0.3 is 5.32 Å². The molecule has 0 radical (unpaired) electrons. The highest BCUT2D eigenvalue weighted by atomic mass is 16.1. The Balaban J connectivity index is 1.77. The number of benzene rings is 1. The van der Waals surface area contributed by atoms with Gasteiger partial charge in [0.1, 0.15) is 0 Å². The van der Waals surface area contributed by atoms with Crippen molar-refractivity contribution in [2.75, 3.05) is 5.32 Å². The lowest BCUT2D eigenvalue weighted by Crippen LogP contribution is -2.27. The molecule has 0 unspecified atom stereocenters. The summed E-state index contributed by atoms with van der Waals surface area (Å²) in [5.74, 6) is 1.98. The molecule has 19 heavy (non-hydrogen) atoms. The van der Waals surface area contributed by atoms with Crippen molar-refractivity contribution in [1.82, 2.24) is 0 Å². The molecule has 2 nitrogen and oxygen atoms in total. The maximum absolute atomic E-state index is 12.5. The molecule has 0 saturated heterocycles. The molecule has 2 fully saturated rings. The van der Waals surface area contributed by atoms with Gasteiger partial charge in [-0.15, -0.1) is 0 Å². The van der Waals surface area contributed by atoms with E-state index in [9.17, 15) is 4.79 Å². The van der Waals surface area contributed by atoms with Crippen LogP contribution in [0, 0.1) is 38.5 Å². The van der Waals surface area contributed by atoms with E-state index in [4.69, 9.17) is 0 Å². The van der Waals surface area contributed by atoms with E-state index < -0.39 is 0 Å². The van der Waals surface area contributed by atoms with Crippen LogP contribution in [0.5, 0.6) is 0 Å². The first-order valence-electron chi connectivity index (χ1n) is 7.43. The number of hydrogen-bond donors (Lipinski definition) is 1. The second-order valence-electron chi connectivity index (χ2n) is 6.54. The van der Waals surface area contributed by atoms with Crippen LogP contribution in [0.25, 0.3) is 0 Å². The summed E-state index contributed by atoms with van der Waals surface area (Å²) in [7, 11) is 0. The van der Waals surface area contributed by atoms with E-state index in [-0.39, 0.29) is 11.8 Å². The third-order valence-corrected chi connectivity index (χ3v) is 5.00. The van der Waals surface area contributed by atoms with E-state index in [1.807, 2.05) is 0 Å². The smallest absolute Gasteiger partial charge is 0.227 e. The average molecular weight is 257 g/mol. The quantitative estimate of drug-likeness (QED) is 0.853. The van der Waals surface area contributed by atoms with Gasteiger partial charge in [0, 0.05) is 11.6 Å². The van der Waals surface area contributed by atoms with Crippen LogP contribution >= 0.6 is 0 Å². The fraction of sp³-hybridized carbons (Fsp3) is 0.588. The lowest BCUT2D eigenvalue weighted by Gasteiger charge is -2.22. The fourth-order valence-corrected chi connectivity index (χ4v) is 4.16. The number of anilines is 1. The van der Waals surface area contributed by atoms with E-state index >= 15 is 0 Å². The molecule has 3 atom stereocenters. The van der Waals surface area contributed by atoms with Crippen molar-refractivity contribution >= 4 is 11.6 Å². The molecule has 1 aromatic carbocycles. The van der Waals surface area contributed by atoms with Gasteiger partial charge in [0.25, 0.3) is 0 Å². The predicted molar refractivity (Wildman–Crippen MR) is 78.2 cm³/mol. The SMILES string of the molecule is Cc1cc(C)c(NC(=O)[C@@H]2C[C@H]3CC[C@H]2C3)c(C)c1. The van der Waals surface area contributed by atoms with Crippen LogP contribution in [0.3, 0.4) is 0 Å². The monoisotopic (exact) mass is 257 g/mol. The molecule has 2 heteroatoms. The lowest BCUT2D eigenvalue weighted by molar-refractivity contribution is -0.121. The number of amides is 1. The lowest BCUT2D eigenvalue weighted by atomic mass is 9.88. The molecule has 3 rings (SSSR count). The molecule has 0 spiro atoms. The number of hydrogen-bond acceptors (Lipinski definition) is 1. The highest BCUT2D eigenvalue weighted by molar-refractivity contribution is 5.94. The Morgan fingerprint density at radius 1 is 1.11 bits per heavy atom. The molecule has 102 valence electrons. The van der Waals surface area contributed by atoms with E-state index in [0.29, 0.717) is 5.92 Å². The molecule has 0 heterocycles. The Labute approximate surface area is 115 Å². The molecule has 1 N–H and O–H groups in total. The van der Waals surface area contributed by atoms with Crippen LogP contribution < -0.4 is 5.32 Å². The van der Waals surface area contributed by atoms with Gasteiger partial charge in [0.05, 0.1) is 0 Å².